The quantitative estimate of drug-likeness (QED) is 0.121. The molecule has 1 aromatic carbocycles. The number of aliphatic hydroxyl groups is 1. The number of aliphatic carboxylic acids is 2. The molecule has 4 atom stereocenters. The van der Waals surface area contributed by atoms with E-state index in [1.54, 1.807) is 30.3 Å². The van der Waals surface area contributed by atoms with Crippen molar-refractivity contribution in [2.75, 3.05) is 6.61 Å². The molecule has 0 fully saturated rings. The highest BCUT2D eigenvalue weighted by Gasteiger charge is 2.31. The lowest BCUT2D eigenvalue weighted by Crippen LogP contribution is -2.58. The van der Waals surface area contributed by atoms with Crippen LogP contribution in [0, 0.1) is 0 Å². The van der Waals surface area contributed by atoms with Crippen LogP contribution in [0.2, 0.25) is 0 Å². The van der Waals surface area contributed by atoms with Gasteiger partial charge in [-0.1, -0.05) is 30.3 Å². The van der Waals surface area contributed by atoms with E-state index in [4.69, 9.17) is 21.7 Å². The molecule has 0 aliphatic heterocycles. The second-order valence-electron chi connectivity index (χ2n) is 7.60. The number of carbonyl (C=O) groups excluding carboxylic acids is 4. The van der Waals surface area contributed by atoms with Crippen LogP contribution in [0.3, 0.4) is 0 Å². The summed E-state index contributed by atoms with van der Waals surface area (Å²) < 4.78 is 0. The Balaban J connectivity index is 2.87. The van der Waals surface area contributed by atoms with Gasteiger partial charge in [-0.25, -0.2) is 4.79 Å². The Morgan fingerprint density at radius 2 is 1.37 bits per heavy atom. The predicted molar refractivity (Wildman–Crippen MR) is 119 cm³/mol. The number of hydrogen-bond acceptors (Lipinski definition) is 8. The maximum absolute atomic E-state index is 12.6. The van der Waals surface area contributed by atoms with E-state index in [2.05, 4.69) is 10.6 Å². The lowest BCUT2D eigenvalue weighted by atomic mass is 10.1. The summed E-state index contributed by atoms with van der Waals surface area (Å²) in [5, 5.41) is 33.9. The first-order valence-electron chi connectivity index (χ1n) is 10.5. The van der Waals surface area contributed by atoms with Crippen molar-refractivity contribution >= 4 is 35.6 Å². The Hall–Kier alpha value is -4.04. The summed E-state index contributed by atoms with van der Waals surface area (Å²) in [4.78, 5) is 70.7. The molecule has 0 aliphatic rings. The van der Waals surface area contributed by atoms with Gasteiger partial charge in [0.05, 0.1) is 19.1 Å². The lowest BCUT2D eigenvalue weighted by Gasteiger charge is -2.24. The fourth-order valence-corrected chi connectivity index (χ4v) is 2.91. The largest absolute Gasteiger partial charge is 0.481 e. The maximum Gasteiger partial charge on any atom is 0.326 e. The normalized spacial score (nSPS) is 14.0. The van der Waals surface area contributed by atoms with Crippen LogP contribution in [0.4, 0.5) is 0 Å². The van der Waals surface area contributed by atoms with Crippen LogP contribution in [0.15, 0.2) is 30.3 Å². The van der Waals surface area contributed by atoms with Crippen molar-refractivity contribution in [2.45, 2.75) is 49.9 Å². The van der Waals surface area contributed by atoms with Gasteiger partial charge in [-0.15, -0.1) is 0 Å². The SMILES string of the molecule is NC(=O)CCC(NC(=O)C(CO)NC(=O)C(N)Cc1ccccc1)C(=O)NC(CC(=O)O)C(=O)O. The Morgan fingerprint density at radius 1 is 0.829 bits per heavy atom. The average Bonchev–Trinajstić information content (AvgIpc) is 2.79. The molecule has 192 valence electrons. The van der Waals surface area contributed by atoms with Gasteiger partial charge in [0.1, 0.15) is 18.1 Å². The summed E-state index contributed by atoms with van der Waals surface area (Å²) in [7, 11) is 0. The topological polar surface area (TPSA) is 251 Å². The Labute approximate surface area is 200 Å². The van der Waals surface area contributed by atoms with Gasteiger partial charge in [0.25, 0.3) is 0 Å². The van der Waals surface area contributed by atoms with Crippen LogP contribution in [0.25, 0.3) is 0 Å². The molecule has 0 aliphatic carbocycles. The second kappa shape index (κ2) is 14.3. The number of hydrogen-bond donors (Lipinski definition) is 8. The number of nitrogens with two attached hydrogens (primary N) is 2. The number of nitrogens with one attached hydrogen (secondary N) is 3. The third-order valence-electron chi connectivity index (χ3n) is 4.76. The van der Waals surface area contributed by atoms with Gasteiger partial charge in [-0.3, -0.25) is 24.0 Å². The number of carboxylic acid groups (broad SMARTS) is 2. The van der Waals surface area contributed by atoms with Crippen molar-refractivity contribution in [3.63, 3.8) is 0 Å². The summed E-state index contributed by atoms with van der Waals surface area (Å²) in [5.41, 5.74) is 11.7. The first-order chi connectivity index (χ1) is 16.4. The summed E-state index contributed by atoms with van der Waals surface area (Å²) in [6.07, 6.45) is -1.53. The van der Waals surface area contributed by atoms with Crippen molar-refractivity contribution < 1.29 is 44.1 Å². The number of aliphatic hydroxyl groups excluding tert-OH is 1. The highest BCUT2D eigenvalue weighted by atomic mass is 16.4. The van der Waals surface area contributed by atoms with Crippen LogP contribution >= 0.6 is 0 Å². The molecule has 4 unspecified atom stereocenters. The molecule has 0 saturated heterocycles. The molecular weight excluding hydrogens is 466 g/mol. The lowest BCUT2D eigenvalue weighted by molar-refractivity contribution is -0.147. The van der Waals surface area contributed by atoms with E-state index in [9.17, 15) is 33.9 Å². The van der Waals surface area contributed by atoms with Crippen LogP contribution in [0.1, 0.15) is 24.8 Å². The highest BCUT2D eigenvalue weighted by Crippen LogP contribution is 2.04. The summed E-state index contributed by atoms with van der Waals surface area (Å²) in [6, 6.07) is 2.89. The van der Waals surface area contributed by atoms with Crippen molar-refractivity contribution in [3.05, 3.63) is 35.9 Å². The van der Waals surface area contributed by atoms with Crippen molar-refractivity contribution in [1.29, 1.82) is 0 Å². The molecule has 4 amide bonds. The zero-order valence-corrected chi connectivity index (χ0v) is 18.7. The van der Waals surface area contributed by atoms with Gasteiger partial charge in [-0.2, -0.15) is 0 Å². The molecule has 14 heteroatoms. The molecule has 1 rings (SSSR count). The number of carboxylic acids is 2. The molecule has 35 heavy (non-hydrogen) atoms. The van der Waals surface area contributed by atoms with Gasteiger partial charge in [0.2, 0.25) is 23.6 Å². The smallest absolute Gasteiger partial charge is 0.326 e. The van der Waals surface area contributed by atoms with E-state index in [-0.39, 0.29) is 19.3 Å². The van der Waals surface area contributed by atoms with Gasteiger partial charge in [-0.05, 0) is 18.4 Å². The molecular formula is C21H29N5O9. The van der Waals surface area contributed by atoms with Crippen LogP contribution < -0.4 is 27.4 Å². The first kappa shape index (κ1) is 29.0. The average molecular weight is 495 g/mol. The van der Waals surface area contributed by atoms with E-state index in [0.29, 0.717) is 0 Å². The molecule has 14 nitrogen and oxygen atoms in total. The van der Waals surface area contributed by atoms with Gasteiger partial charge < -0.3 is 42.7 Å². The van der Waals surface area contributed by atoms with E-state index >= 15 is 0 Å². The first-order valence-corrected chi connectivity index (χ1v) is 10.5. The van der Waals surface area contributed by atoms with Crippen molar-refractivity contribution in [3.8, 4) is 0 Å². The Kier molecular flexibility index (Phi) is 11.8. The minimum atomic E-state index is -1.81. The van der Waals surface area contributed by atoms with Crippen molar-refractivity contribution in [2.24, 2.45) is 11.5 Å². The van der Waals surface area contributed by atoms with Gasteiger partial charge >= 0.3 is 11.9 Å². The maximum atomic E-state index is 12.6. The monoisotopic (exact) mass is 495 g/mol. The zero-order chi connectivity index (χ0) is 26.5. The fourth-order valence-electron chi connectivity index (χ4n) is 2.91. The fraction of sp³-hybridized carbons (Fsp3) is 0.429. The van der Waals surface area contributed by atoms with Crippen LogP contribution in [0.5, 0.6) is 0 Å². The van der Waals surface area contributed by atoms with E-state index in [0.717, 1.165) is 5.56 Å². The number of amides is 4. The zero-order valence-electron chi connectivity index (χ0n) is 18.7. The standard InChI is InChI=1S/C21H29N5O9/c22-12(8-11-4-2-1-3-5-11)18(31)26-15(10-27)20(33)24-13(6-7-16(23)28)19(32)25-14(21(34)35)9-17(29)30/h1-5,12-15,27H,6-10,22H2,(H2,23,28)(H,24,33)(H,25,32)(H,26,31)(H,29,30)(H,34,35). The summed E-state index contributed by atoms with van der Waals surface area (Å²) in [5.74, 6) is -6.83. The van der Waals surface area contributed by atoms with E-state index in [1.807, 2.05) is 5.32 Å². The number of benzene rings is 1. The third-order valence-corrected chi connectivity index (χ3v) is 4.76. The van der Waals surface area contributed by atoms with Gasteiger partial charge in [0.15, 0.2) is 0 Å². The van der Waals surface area contributed by atoms with E-state index in [1.165, 1.54) is 0 Å². The molecule has 0 bridgehead atoms. The molecule has 0 spiro atoms. The van der Waals surface area contributed by atoms with Gasteiger partial charge in [0, 0.05) is 6.42 Å². The summed E-state index contributed by atoms with van der Waals surface area (Å²) in [6.45, 7) is -0.865. The minimum Gasteiger partial charge on any atom is -0.481 e. The molecule has 0 heterocycles. The van der Waals surface area contributed by atoms with E-state index < -0.39 is 72.8 Å². The molecule has 0 saturated carbocycles. The Bertz CT molecular complexity index is 925. The predicted octanol–water partition coefficient (Wildman–Crippen LogP) is -3.17. The minimum absolute atomic E-state index is 0.149. The number of carbonyl (C=O) groups is 6. The second-order valence-corrected chi connectivity index (χ2v) is 7.60. The molecule has 1 aromatic rings. The number of rotatable bonds is 15. The van der Waals surface area contributed by atoms with Crippen LogP contribution in [-0.2, 0) is 35.2 Å². The van der Waals surface area contributed by atoms with Crippen LogP contribution in [-0.4, -0.2) is 81.7 Å². The molecule has 10 N–H and O–H groups in total. The molecule has 0 aromatic heterocycles. The highest BCUT2D eigenvalue weighted by molar-refractivity contribution is 5.95. The Morgan fingerprint density at radius 3 is 1.89 bits per heavy atom. The molecule has 0 radical (unpaired) electrons. The van der Waals surface area contributed by atoms with Crippen molar-refractivity contribution in [1.82, 2.24) is 16.0 Å². The number of primary amides is 1. The summed E-state index contributed by atoms with van der Waals surface area (Å²) >= 11 is 0. The third kappa shape index (κ3) is 10.6.